The Bertz CT molecular complexity index is 590. The van der Waals surface area contributed by atoms with Crippen molar-refractivity contribution in [2.45, 2.75) is 187 Å². The predicted molar refractivity (Wildman–Crippen MR) is 158 cm³/mol. The highest BCUT2D eigenvalue weighted by atomic mass is 32.2. The largest absolute Gasteiger partial charge is 0.461 e. The minimum atomic E-state index is -4.13. The molecule has 0 saturated carbocycles. The summed E-state index contributed by atoms with van der Waals surface area (Å²) in [6.45, 7) is 3.55. The maximum atomic E-state index is 11.1. The number of unbranched alkanes of at least 4 members (excludes halogenated alkanes) is 24. The van der Waals surface area contributed by atoms with Gasteiger partial charge in [-0.3, -0.25) is 9.35 Å². The molecule has 0 amide bonds. The zero-order valence-electron chi connectivity index (χ0n) is 24.7. The molecule has 0 aliphatic heterocycles. The van der Waals surface area contributed by atoms with Gasteiger partial charge in [0.1, 0.15) is 11.9 Å². The van der Waals surface area contributed by atoms with E-state index in [1.807, 2.05) is 0 Å². The molecule has 0 saturated heterocycles. The molecule has 0 aromatic rings. The molecule has 0 radical (unpaired) electrons. The summed E-state index contributed by atoms with van der Waals surface area (Å²) in [7, 11) is -4.13. The number of hydrogen-bond donors (Lipinski definition) is 1. The summed E-state index contributed by atoms with van der Waals surface area (Å²) in [5.74, 6) is -1.01. The van der Waals surface area contributed by atoms with Crippen LogP contribution in [0.5, 0.6) is 0 Å². The average Bonchev–Trinajstić information content (AvgIpc) is 2.82. The number of carbonyl (C=O) groups excluding carboxylic acids is 1. The van der Waals surface area contributed by atoms with Crippen LogP contribution in [0.3, 0.4) is 0 Å². The number of rotatable bonds is 29. The van der Waals surface area contributed by atoms with E-state index in [4.69, 9.17) is 9.29 Å². The molecule has 0 heterocycles. The summed E-state index contributed by atoms with van der Waals surface area (Å²) in [5.41, 5.74) is 0. The van der Waals surface area contributed by atoms with Crippen LogP contribution in [0.4, 0.5) is 0 Å². The highest BCUT2D eigenvalue weighted by Crippen LogP contribution is 2.16. The fraction of sp³-hybridized carbons (Fsp3) is 0.968. The van der Waals surface area contributed by atoms with Crippen LogP contribution in [0.25, 0.3) is 0 Å². The van der Waals surface area contributed by atoms with Crippen LogP contribution in [0, 0.1) is 0 Å². The fourth-order valence-corrected chi connectivity index (χ4v) is 5.86. The number of ether oxygens (including phenoxy) is 1. The lowest BCUT2D eigenvalue weighted by atomic mass is 10.0. The number of hydrogen-bond acceptors (Lipinski definition) is 4. The summed E-state index contributed by atoms with van der Waals surface area (Å²) in [5, 5.41) is 0. The van der Waals surface area contributed by atoms with Gasteiger partial charge in [-0.25, -0.2) is 0 Å². The van der Waals surface area contributed by atoms with Crippen LogP contribution in [0.1, 0.15) is 181 Å². The van der Waals surface area contributed by atoms with Gasteiger partial charge in [-0.15, -0.1) is 0 Å². The Morgan fingerprint density at radius 2 is 0.838 bits per heavy atom. The minimum absolute atomic E-state index is 0.485. The van der Waals surface area contributed by atoms with Gasteiger partial charge in [0.15, 0.2) is 0 Å². The second kappa shape index (κ2) is 27.0. The van der Waals surface area contributed by atoms with Crippen molar-refractivity contribution < 1.29 is 22.5 Å². The zero-order valence-corrected chi connectivity index (χ0v) is 25.5. The quantitative estimate of drug-likeness (QED) is 0.0573. The summed E-state index contributed by atoms with van der Waals surface area (Å²) in [6, 6.07) is 0. The van der Waals surface area contributed by atoms with E-state index < -0.39 is 27.9 Å². The Morgan fingerprint density at radius 3 is 1.08 bits per heavy atom. The molecule has 1 atom stereocenters. The van der Waals surface area contributed by atoms with Crippen LogP contribution >= 0.6 is 0 Å². The molecule has 0 aliphatic rings. The smallest absolute Gasteiger partial charge is 0.302 e. The normalized spacial score (nSPS) is 12.6. The first-order valence-electron chi connectivity index (χ1n) is 16.0. The Labute approximate surface area is 231 Å². The molecule has 37 heavy (non-hydrogen) atoms. The van der Waals surface area contributed by atoms with Crippen LogP contribution < -0.4 is 0 Å². The summed E-state index contributed by atoms with van der Waals surface area (Å²) < 4.78 is 36.0. The molecule has 0 spiro atoms. The highest BCUT2D eigenvalue weighted by Gasteiger charge is 2.19. The van der Waals surface area contributed by atoms with E-state index >= 15 is 0 Å². The molecule has 1 N–H and O–H groups in total. The monoisotopic (exact) mass is 546 g/mol. The SMILES string of the molecule is CCCCCCCCCCCCCCCCCCCCCCCCCCCC(CS(=O)(=O)O)OC(C)=O. The molecule has 0 rings (SSSR count). The van der Waals surface area contributed by atoms with Crippen LogP contribution in [0.15, 0.2) is 0 Å². The topological polar surface area (TPSA) is 80.7 Å². The Morgan fingerprint density at radius 1 is 0.568 bits per heavy atom. The second-order valence-electron chi connectivity index (χ2n) is 11.3. The molecule has 5 nitrogen and oxygen atoms in total. The fourth-order valence-electron chi connectivity index (χ4n) is 5.16. The van der Waals surface area contributed by atoms with Crippen molar-refractivity contribution in [3.8, 4) is 0 Å². The molecule has 6 heteroatoms. The Balaban J connectivity index is 3.27. The Kier molecular flexibility index (Phi) is 26.5. The first-order valence-corrected chi connectivity index (χ1v) is 17.6. The van der Waals surface area contributed by atoms with Gasteiger partial charge in [-0.1, -0.05) is 161 Å². The van der Waals surface area contributed by atoms with Gasteiger partial charge in [0.2, 0.25) is 0 Å². The van der Waals surface area contributed by atoms with E-state index in [9.17, 15) is 13.2 Å². The van der Waals surface area contributed by atoms with Crippen molar-refractivity contribution in [3.05, 3.63) is 0 Å². The van der Waals surface area contributed by atoms with E-state index in [-0.39, 0.29) is 0 Å². The summed E-state index contributed by atoms with van der Waals surface area (Å²) in [4.78, 5) is 11.1. The van der Waals surface area contributed by atoms with Crippen molar-refractivity contribution in [2.24, 2.45) is 0 Å². The molecular weight excluding hydrogens is 484 g/mol. The lowest BCUT2D eigenvalue weighted by molar-refractivity contribution is -0.145. The molecule has 0 aliphatic carbocycles. The van der Waals surface area contributed by atoms with Crippen molar-refractivity contribution in [2.75, 3.05) is 5.75 Å². The molecule has 1 unspecified atom stereocenters. The first kappa shape index (κ1) is 36.4. The van der Waals surface area contributed by atoms with Crippen molar-refractivity contribution >= 4 is 16.1 Å². The molecule has 222 valence electrons. The van der Waals surface area contributed by atoms with E-state index in [0.29, 0.717) is 6.42 Å². The first-order chi connectivity index (χ1) is 17.8. The number of carbonyl (C=O) groups is 1. The van der Waals surface area contributed by atoms with E-state index in [0.717, 1.165) is 19.3 Å². The van der Waals surface area contributed by atoms with Gasteiger partial charge >= 0.3 is 5.97 Å². The van der Waals surface area contributed by atoms with Gasteiger partial charge in [0.05, 0.1) is 0 Å². The van der Waals surface area contributed by atoms with Crippen LogP contribution in [-0.4, -0.2) is 30.8 Å². The third-order valence-corrected chi connectivity index (χ3v) is 8.15. The van der Waals surface area contributed by atoms with E-state index in [2.05, 4.69) is 6.92 Å². The summed E-state index contributed by atoms with van der Waals surface area (Å²) in [6.07, 6.45) is 33.4. The lowest BCUT2D eigenvalue weighted by Gasteiger charge is -2.15. The maximum absolute atomic E-state index is 11.1. The third-order valence-electron chi connectivity index (χ3n) is 7.36. The van der Waals surface area contributed by atoms with Gasteiger partial charge in [0.25, 0.3) is 10.1 Å². The van der Waals surface area contributed by atoms with Crippen molar-refractivity contribution in [1.29, 1.82) is 0 Å². The predicted octanol–water partition coefficient (Wildman–Crippen LogP) is 9.97. The maximum Gasteiger partial charge on any atom is 0.302 e. The Hall–Kier alpha value is -0.620. The van der Waals surface area contributed by atoms with Crippen LogP contribution in [-0.2, 0) is 19.6 Å². The molecule has 0 aromatic heterocycles. The van der Waals surface area contributed by atoms with Gasteiger partial charge in [0, 0.05) is 6.92 Å². The summed E-state index contributed by atoms with van der Waals surface area (Å²) >= 11 is 0. The van der Waals surface area contributed by atoms with Gasteiger partial charge in [-0.2, -0.15) is 8.42 Å². The standard InChI is InChI=1S/C31H62O5S/c1-3-4-5-6-7-8-9-10-11-12-13-14-15-16-17-18-19-20-21-22-23-24-25-26-27-28-31(36-30(2)32)29-37(33,34)35/h31H,3-29H2,1-2H3,(H,33,34,35). The molecule has 0 bridgehead atoms. The molecular formula is C31H62O5S. The van der Waals surface area contributed by atoms with Gasteiger partial charge in [-0.05, 0) is 12.8 Å². The lowest BCUT2D eigenvalue weighted by Crippen LogP contribution is -2.25. The third kappa shape index (κ3) is 31.5. The van der Waals surface area contributed by atoms with E-state index in [1.165, 1.54) is 148 Å². The number of esters is 1. The second-order valence-corrected chi connectivity index (χ2v) is 12.8. The average molecular weight is 547 g/mol. The van der Waals surface area contributed by atoms with Crippen molar-refractivity contribution in [3.63, 3.8) is 0 Å². The van der Waals surface area contributed by atoms with Crippen molar-refractivity contribution in [1.82, 2.24) is 0 Å². The van der Waals surface area contributed by atoms with E-state index in [1.54, 1.807) is 0 Å². The molecule has 0 aromatic carbocycles. The van der Waals surface area contributed by atoms with Gasteiger partial charge < -0.3 is 4.74 Å². The van der Waals surface area contributed by atoms with Crippen LogP contribution in [0.2, 0.25) is 0 Å². The zero-order chi connectivity index (χ0) is 27.5. The highest BCUT2D eigenvalue weighted by molar-refractivity contribution is 7.85. The minimum Gasteiger partial charge on any atom is -0.461 e. The molecule has 0 fully saturated rings.